The molecule has 0 saturated carbocycles. The lowest BCUT2D eigenvalue weighted by molar-refractivity contribution is 0.608. The number of hydrogen-bond donors (Lipinski definition) is 0. The van der Waals surface area contributed by atoms with Gasteiger partial charge >= 0.3 is 0 Å². The normalized spacial score (nSPS) is 14.6. The molecule has 2 aliphatic carbocycles. The number of rotatable bonds is 8. The van der Waals surface area contributed by atoms with Crippen molar-refractivity contribution in [3.63, 3.8) is 0 Å². The van der Waals surface area contributed by atoms with Crippen molar-refractivity contribution in [2.24, 2.45) is 0 Å². The van der Waals surface area contributed by atoms with Crippen LogP contribution in [0.25, 0.3) is 56.0 Å². The Labute approximate surface area is 363 Å². The first-order valence-electron chi connectivity index (χ1n) is 22.0. The van der Waals surface area contributed by atoms with E-state index in [0.717, 1.165) is 53.1 Å². The molecule has 0 fully saturated rings. The predicted molar refractivity (Wildman–Crippen MR) is 256 cm³/mol. The average Bonchev–Trinajstić information content (AvgIpc) is 3.93. The molecule has 0 N–H and O–H groups in total. The van der Waals surface area contributed by atoms with Crippen LogP contribution >= 0.6 is 0 Å². The van der Waals surface area contributed by atoms with Gasteiger partial charge in [-0.3, -0.25) is 8.97 Å². The van der Waals surface area contributed by atoms with E-state index in [2.05, 4.69) is 228 Å². The van der Waals surface area contributed by atoms with Crippen molar-refractivity contribution in [2.45, 2.75) is 44.4 Å². The van der Waals surface area contributed by atoms with Crippen LogP contribution in [-0.2, 0) is 18.3 Å². The molecule has 12 rings (SSSR count). The molecule has 0 bridgehead atoms. The standard InChI is InChI=1S/C58H46N4/c1-58(2)49-26-15-14-25-48(49)55-50(58)27-16-28-53(55)60(44-33-31-41(32-34-44)40-19-8-4-9-20-40)45-35-36-52-54(38-45)61(43-21-10-5-11-22-43)57-59-51-37-42(30-29-39-17-6-3-7-18-39)46-23-12-13-24-47(46)56(51)62(52)57/h3-28,31-36,38,42H,29-30,37H2,1-2H3. The number of aryl methyl sites for hydroxylation is 1. The van der Waals surface area contributed by atoms with Crippen molar-refractivity contribution in [2.75, 3.05) is 4.90 Å². The first-order chi connectivity index (χ1) is 30.5. The highest BCUT2D eigenvalue weighted by atomic mass is 15.2. The zero-order valence-electron chi connectivity index (χ0n) is 35.0. The SMILES string of the molecule is CC1(C)c2ccccc2-c2c(N(c3ccc(-c4ccccc4)cc3)c3ccc4c(c3)n(-c3ccccc3)c3nc5c(n43)-c3ccccc3C(CCc3ccccc3)C5)cccc21. The fourth-order valence-corrected chi connectivity index (χ4v) is 10.6. The average molecular weight is 799 g/mol. The molecule has 1 atom stereocenters. The summed E-state index contributed by atoms with van der Waals surface area (Å²) in [7, 11) is 0. The van der Waals surface area contributed by atoms with Crippen LogP contribution in [0.2, 0.25) is 0 Å². The van der Waals surface area contributed by atoms with Gasteiger partial charge in [0.1, 0.15) is 0 Å². The Morgan fingerprint density at radius 1 is 0.581 bits per heavy atom. The quantitative estimate of drug-likeness (QED) is 0.153. The summed E-state index contributed by atoms with van der Waals surface area (Å²) in [5, 5.41) is 0. The van der Waals surface area contributed by atoms with Crippen molar-refractivity contribution in [3.8, 4) is 39.2 Å². The molecular weight excluding hydrogens is 753 g/mol. The maximum atomic E-state index is 5.60. The molecule has 10 aromatic rings. The van der Waals surface area contributed by atoms with E-state index in [1.807, 2.05) is 0 Å². The third kappa shape index (κ3) is 5.70. The number of nitrogens with zero attached hydrogens (tertiary/aromatic N) is 4. The van der Waals surface area contributed by atoms with Crippen LogP contribution in [0, 0.1) is 0 Å². The van der Waals surface area contributed by atoms with E-state index in [9.17, 15) is 0 Å². The fraction of sp³-hybridized carbons (Fsp3) is 0.121. The largest absolute Gasteiger partial charge is 0.310 e. The number of aromatic nitrogens is 3. The molecule has 0 amide bonds. The van der Waals surface area contributed by atoms with Gasteiger partial charge in [0.15, 0.2) is 0 Å². The van der Waals surface area contributed by atoms with Gasteiger partial charge in [0, 0.05) is 33.6 Å². The van der Waals surface area contributed by atoms with Crippen molar-refractivity contribution in [3.05, 3.63) is 228 Å². The molecule has 0 spiro atoms. The van der Waals surface area contributed by atoms with Gasteiger partial charge < -0.3 is 4.90 Å². The summed E-state index contributed by atoms with van der Waals surface area (Å²) in [6, 6.07) is 73.3. The Morgan fingerprint density at radius 2 is 1.23 bits per heavy atom. The second-order valence-corrected chi connectivity index (χ2v) is 17.5. The lowest BCUT2D eigenvalue weighted by Crippen LogP contribution is -2.16. The van der Waals surface area contributed by atoms with Crippen LogP contribution in [0.1, 0.15) is 54.1 Å². The van der Waals surface area contributed by atoms with Crippen LogP contribution in [0.3, 0.4) is 0 Å². The van der Waals surface area contributed by atoms with Crippen LogP contribution < -0.4 is 4.90 Å². The fourth-order valence-electron chi connectivity index (χ4n) is 10.6. The zero-order chi connectivity index (χ0) is 41.4. The summed E-state index contributed by atoms with van der Waals surface area (Å²) in [6.45, 7) is 4.72. The number of anilines is 3. The summed E-state index contributed by atoms with van der Waals surface area (Å²) < 4.78 is 4.81. The molecule has 8 aromatic carbocycles. The van der Waals surface area contributed by atoms with Gasteiger partial charge in [-0.05, 0) is 113 Å². The molecule has 0 aliphatic heterocycles. The minimum absolute atomic E-state index is 0.127. The summed E-state index contributed by atoms with van der Waals surface area (Å²) in [5.41, 5.74) is 20.8. The smallest absolute Gasteiger partial charge is 0.220 e. The zero-order valence-corrected chi connectivity index (χ0v) is 35.0. The number of benzene rings is 8. The minimum atomic E-state index is -0.127. The molecule has 0 radical (unpaired) electrons. The van der Waals surface area contributed by atoms with E-state index in [4.69, 9.17) is 4.98 Å². The Morgan fingerprint density at radius 3 is 2.02 bits per heavy atom. The van der Waals surface area contributed by atoms with Crippen LogP contribution in [0.15, 0.2) is 200 Å². The van der Waals surface area contributed by atoms with Crippen molar-refractivity contribution < 1.29 is 0 Å². The van der Waals surface area contributed by atoms with Crippen LogP contribution in [0.4, 0.5) is 17.1 Å². The van der Waals surface area contributed by atoms with E-state index < -0.39 is 0 Å². The summed E-state index contributed by atoms with van der Waals surface area (Å²) in [5.74, 6) is 1.34. The van der Waals surface area contributed by atoms with Crippen LogP contribution in [-0.4, -0.2) is 14.0 Å². The highest BCUT2D eigenvalue weighted by Gasteiger charge is 2.38. The number of hydrogen-bond acceptors (Lipinski definition) is 2. The van der Waals surface area contributed by atoms with Crippen molar-refractivity contribution >= 4 is 33.9 Å². The van der Waals surface area contributed by atoms with Crippen molar-refractivity contribution in [1.82, 2.24) is 14.0 Å². The lowest BCUT2D eigenvalue weighted by Gasteiger charge is -2.29. The highest BCUT2D eigenvalue weighted by Crippen LogP contribution is 2.54. The molecular formula is C58H46N4. The summed E-state index contributed by atoms with van der Waals surface area (Å²) in [6.07, 6.45) is 3.04. The Bertz CT molecular complexity index is 3280. The molecule has 2 aliphatic rings. The Balaban J connectivity index is 1.07. The number of fused-ring (bicyclic) bond motifs is 10. The molecule has 2 heterocycles. The third-order valence-electron chi connectivity index (χ3n) is 13.6. The van der Waals surface area contributed by atoms with Crippen molar-refractivity contribution in [1.29, 1.82) is 0 Å². The van der Waals surface area contributed by atoms with Gasteiger partial charge in [-0.15, -0.1) is 0 Å². The molecule has 62 heavy (non-hydrogen) atoms. The summed E-state index contributed by atoms with van der Waals surface area (Å²) in [4.78, 5) is 8.07. The number of para-hydroxylation sites is 1. The minimum Gasteiger partial charge on any atom is -0.310 e. The van der Waals surface area contributed by atoms with Gasteiger partial charge in [0.25, 0.3) is 0 Å². The predicted octanol–water partition coefficient (Wildman–Crippen LogP) is 14.7. The molecule has 0 saturated heterocycles. The Hall–Kier alpha value is -7.43. The van der Waals surface area contributed by atoms with E-state index in [1.165, 1.54) is 67.1 Å². The van der Waals surface area contributed by atoms with Crippen LogP contribution in [0.5, 0.6) is 0 Å². The second-order valence-electron chi connectivity index (χ2n) is 17.5. The second kappa shape index (κ2) is 14.4. The van der Waals surface area contributed by atoms with Gasteiger partial charge in [0.05, 0.1) is 28.1 Å². The van der Waals surface area contributed by atoms with E-state index in [1.54, 1.807) is 0 Å². The number of imidazole rings is 2. The maximum absolute atomic E-state index is 5.60. The van der Waals surface area contributed by atoms with E-state index in [-0.39, 0.29) is 5.41 Å². The third-order valence-corrected chi connectivity index (χ3v) is 13.6. The van der Waals surface area contributed by atoms with Gasteiger partial charge in [-0.25, -0.2) is 4.98 Å². The van der Waals surface area contributed by atoms with Gasteiger partial charge in [0.2, 0.25) is 5.78 Å². The van der Waals surface area contributed by atoms with Gasteiger partial charge in [-0.2, -0.15) is 0 Å². The summed E-state index contributed by atoms with van der Waals surface area (Å²) >= 11 is 0. The lowest BCUT2D eigenvalue weighted by atomic mass is 9.80. The topological polar surface area (TPSA) is 25.5 Å². The van der Waals surface area contributed by atoms with E-state index >= 15 is 0 Å². The first-order valence-corrected chi connectivity index (χ1v) is 22.0. The monoisotopic (exact) mass is 798 g/mol. The molecule has 1 unspecified atom stereocenters. The molecule has 4 heteroatoms. The Kier molecular flexibility index (Phi) is 8.43. The van der Waals surface area contributed by atoms with E-state index in [0.29, 0.717) is 5.92 Å². The first kappa shape index (κ1) is 36.4. The molecule has 2 aromatic heterocycles. The molecule has 4 nitrogen and oxygen atoms in total. The highest BCUT2D eigenvalue weighted by molar-refractivity contribution is 5.98. The van der Waals surface area contributed by atoms with Gasteiger partial charge in [-0.1, -0.05) is 166 Å². The molecule has 298 valence electrons. The maximum Gasteiger partial charge on any atom is 0.220 e.